The van der Waals surface area contributed by atoms with Gasteiger partial charge in [-0.3, -0.25) is 4.79 Å². The molecule has 4 aromatic rings. The van der Waals surface area contributed by atoms with E-state index in [0.717, 1.165) is 31.9 Å². The van der Waals surface area contributed by atoms with Crippen molar-refractivity contribution in [2.75, 3.05) is 27.8 Å². The molecule has 4 aromatic carbocycles. The number of carbonyl (C=O) groups is 2. The topological polar surface area (TPSA) is 106 Å². The molecule has 0 aromatic heterocycles. The molecule has 5 rings (SSSR count). The van der Waals surface area contributed by atoms with Gasteiger partial charge in [0.25, 0.3) is 5.91 Å². The third-order valence-electron chi connectivity index (χ3n) is 6.92. The van der Waals surface area contributed by atoms with Crippen molar-refractivity contribution in [2.45, 2.75) is 17.4 Å². The van der Waals surface area contributed by atoms with E-state index in [4.69, 9.17) is 9.47 Å². The lowest BCUT2D eigenvalue weighted by Gasteiger charge is -2.22. The van der Waals surface area contributed by atoms with Gasteiger partial charge < -0.3 is 9.47 Å². The van der Waals surface area contributed by atoms with Gasteiger partial charge in [-0.1, -0.05) is 54.6 Å². The third-order valence-corrected chi connectivity index (χ3v) is 8.74. The van der Waals surface area contributed by atoms with Gasteiger partial charge in [0.05, 0.1) is 29.3 Å². The quantitative estimate of drug-likeness (QED) is 0.286. The Balaban J connectivity index is 1.38. The predicted octanol–water partition coefficient (Wildman–Crippen LogP) is 4.63. The fourth-order valence-electron chi connectivity index (χ4n) is 4.64. The van der Waals surface area contributed by atoms with Crippen molar-refractivity contribution in [3.8, 4) is 5.75 Å². The fraction of sp³-hybridized carbons (Fsp3) is 0.194. The van der Waals surface area contributed by atoms with Gasteiger partial charge in [-0.15, -0.1) is 0 Å². The zero-order valence-corrected chi connectivity index (χ0v) is 23.7. The number of nitrogens with zero attached hydrogens (tertiary/aromatic N) is 3. The number of amides is 1. The molecule has 1 heterocycles. The van der Waals surface area contributed by atoms with Crippen molar-refractivity contribution in [1.29, 1.82) is 0 Å². The smallest absolute Gasteiger partial charge is 0.338 e. The molecule has 210 valence electrons. The SMILES string of the molecule is COc1ccc(C2CC(c3ccc4ccccc4c3)=NN2C(=O)COC(=O)c2cccc(S(=O)(=O)N(C)C)c2)cc1. The highest BCUT2D eigenvalue weighted by atomic mass is 32.2. The molecule has 1 unspecified atom stereocenters. The van der Waals surface area contributed by atoms with E-state index in [0.29, 0.717) is 12.2 Å². The molecule has 1 aliphatic heterocycles. The first kappa shape index (κ1) is 28.0. The van der Waals surface area contributed by atoms with Crippen molar-refractivity contribution < 1.29 is 27.5 Å². The first-order valence-electron chi connectivity index (χ1n) is 12.9. The van der Waals surface area contributed by atoms with Gasteiger partial charge in [-0.2, -0.15) is 5.10 Å². The van der Waals surface area contributed by atoms with Gasteiger partial charge in [0.2, 0.25) is 10.0 Å². The summed E-state index contributed by atoms with van der Waals surface area (Å²) in [6.45, 7) is -0.565. The van der Waals surface area contributed by atoms with E-state index >= 15 is 0 Å². The minimum atomic E-state index is -3.74. The van der Waals surface area contributed by atoms with Crippen LogP contribution in [0.15, 0.2) is 101 Å². The molecule has 0 N–H and O–H groups in total. The minimum Gasteiger partial charge on any atom is -0.497 e. The maximum absolute atomic E-state index is 13.4. The third kappa shape index (κ3) is 5.84. The van der Waals surface area contributed by atoms with Crippen LogP contribution in [0.5, 0.6) is 5.75 Å². The summed E-state index contributed by atoms with van der Waals surface area (Å²) in [5.41, 5.74) is 2.51. The Morgan fingerprint density at radius 3 is 2.37 bits per heavy atom. The van der Waals surface area contributed by atoms with Crippen LogP contribution in [0.3, 0.4) is 0 Å². The second kappa shape index (κ2) is 11.5. The van der Waals surface area contributed by atoms with E-state index in [-0.39, 0.29) is 10.5 Å². The van der Waals surface area contributed by atoms with Gasteiger partial charge >= 0.3 is 5.97 Å². The molecule has 1 aliphatic rings. The maximum atomic E-state index is 13.4. The molecule has 0 fully saturated rings. The summed E-state index contributed by atoms with van der Waals surface area (Å²) in [5, 5.41) is 8.19. The minimum absolute atomic E-state index is 0.0224. The highest BCUT2D eigenvalue weighted by molar-refractivity contribution is 7.89. The Bertz CT molecular complexity index is 1750. The Labute approximate surface area is 238 Å². The van der Waals surface area contributed by atoms with Gasteiger partial charge in [0, 0.05) is 20.5 Å². The average Bonchev–Trinajstić information content (AvgIpc) is 3.45. The molecular weight excluding hydrogens is 542 g/mol. The molecule has 9 nitrogen and oxygen atoms in total. The number of carbonyl (C=O) groups excluding carboxylic acids is 2. The number of hydrogen-bond acceptors (Lipinski definition) is 7. The van der Waals surface area contributed by atoms with Gasteiger partial charge in [0.1, 0.15) is 5.75 Å². The van der Waals surface area contributed by atoms with E-state index in [9.17, 15) is 18.0 Å². The van der Waals surface area contributed by atoms with E-state index in [1.54, 1.807) is 7.11 Å². The number of rotatable bonds is 8. The Kier molecular flexibility index (Phi) is 7.87. The lowest BCUT2D eigenvalue weighted by atomic mass is 9.97. The van der Waals surface area contributed by atoms with Crippen molar-refractivity contribution in [3.63, 3.8) is 0 Å². The molecule has 0 saturated carbocycles. The molecule has 0 saturated heterocycles. The van der Waals surface area contributed by atoms with Crippen LogP contribution in [0.2, 0.25) is 0 Å². The number of hydrazone groups is 1. The van der Waals surface area contributed by atoms with Crippen molar-refractivity contribution in [3.05, 3.63) is 108 Å². The van der Waals surface area contributed by atoms with E-state index < -0.39 is 34.5 Å². The van der Waals surface area contributed by atoms with Gasteiger partial charge in [-0.05, 0) is 58.3 Å². The molecule has 1 amide bonds. The highest BCUT2D eigenvalue weighted by Gasteiger charge is 2.34. The average molecular weight is 572 g/mol. The second-order valence-electron chi connectivity index (χ2n) is 9.73. The molecule has 0 radical (unpaired) electrons. The molecule has 0 spiro atoms. The molecule has 41 heavy (non-hydrogen) atoms. The first-order chi connectivity index (χ1) is 19.7. The van der Waals surface area contributed by atoms with Crippen LogP contribution in [0.25, 0.3) is 10.8 Å². The predicted molar refractivity (Wildman–Crippen MR) is 155 cm³/mol. The summed E-state index contributed by atoms with van der Waals surface area (Å²) in [4.78, 5) is 26.2. The molecule has 10 heteroatoms. The van der Waals surface area contributed by atoms with E-state index in [1.807, 2.05) is 66.7 Å². The van der Waals surface area contributed by atoms with E-state index in [2.05, 4.69) is 5.10 Å². The van der Waals surface area contributed by atoms with E-state index in [1.165, 1.54) is 43.4 Å². The lowest BCUT2D eigenvalue weighted by molar-refractivity contribution is -0.136. The van der Waals surface area contributed by atoms with Crippen LogP contribution < -0.4 is 4.74 Å². The second-order valence-corrected chi connectivity index (χ2v) is 11.9. The number of hydrogen-bond donors (Lipinski definition) is 0. The van der Waals surface area contributed by atoms with Crippen molar-refractivity contribution in [1.82, 2.24) is 9.31 Å². The van der Waals surface area contributed by atoms with Crippen LogP contribution in [0.4, 0.5) is 0 Å². The molecule has 0 bridgehead atoms. The summed E-state index contributed by atoms with van der Waals surface area (Å²) in [6, 6.07) is 26.6. The molecule has 0 aliphatic carbocycles. The standard InChI is InChI=1S/C31H29N3O6S/c1-33(2)41(37,38)27-10-6-9-25(18-27)31(36)40-20-30(35)34-29(22-13-15-26(39-3)16-14-22)19-28(32-34)24-12-11-21-7-4-5-8-23(21)17-24/h4-18,29H,19-20H2,1-3H3. The first-order valence-corrected chi connectivity index (χ1v) is 14.3. The Morgan fingerprint density at radius 1 is 0.927 bits per heavy atom. The zero-order valence-electron chi connectivity index (χ0n) is 22.9. The Hall–Kier alpha value is -4.54. The molecular formula is C31H29N3O6S. The monoisotopic (exact) mass is 571 g/mol. The maximum Gasteiger partial charge on any atom is 0.338 e. The molecule has 1 atom stereocenters. The Morgan fingerprint density at radius 2 is 1.66 bits per heavy atom. The fourth-order valence-corrected chi connectivity index (χ4v) is 5.59. The summed E-state index contributed by atoms with van der Waals surface area (Å²) >= 11 is 0. The summed E-state index contributed by atoms with van der Waals surface area (Å²) in [6.07, 6.45) is 0.467. The number of benzene rings is 4. The van der Waals surface area contributed by atoms with Gasteiger partial charge in [-0.25, -0.2) is 22.5 Å². The number of fused-ring (bicyclic) bond motifs is 1. The zero-order chi connectivity index (χ0) is 29.1. The normalized spacial score (nSPS) is 15.2. The number of ether oxygens (including phenoxy) is 2. The van der Waals surface area contributed by atoms with Crippen LogP contribution in [0.1, 0.15) is 33.9 Å². The lowest BCUT2D eigenvalue weighted by Crippen LogP contribution is -2.31. The van der Waals surface area contributed by atoms with Gasteiger partial charge in [0.15, 0.2) is 6.61 Å². The van der Waals surface area contributed by atoms with Crippen LogP contribution in [0, 0.1) is 0 Å². The van der Waals surface area contributed by atoms with Crippen LogP contribution >= 0.6 is 0 Å². The number of esters is 1. The summed E-state index contributed by atoms with van der Waals surface area (Å²) in [5.74, 6) is -0.632. The van der Waals surface area contributed by atoms with Crippen LogP contribution in [-0.2, 0) is 19.6 Å². The van der Waals surface area contributed by atoms with Crippen molar-refractivity contribution in [2.24, 2.45) is 5.10 Å². The van der Waals surface area contributed by atoms with Crippen LogP contribution in [-0.4, -0.2) is 63.1 Å². The summed E-state index contributed by atoms with van der Waals surface area (Å²) in [7, 11) is 0.649. The highest BCUT2D eigenvalue weighted by Crippen LogP contribution is 2.34. The largest absolute Gasteiger partial charge is 0.497 e. The van der Waals surface area contributed by atoms with Crippen molar-refractivity contribution >= 4 is 38.4 Å². The summed E-state index contributed by atoms with van der Waals surface area (Å²) < 4.78 is 36.6. The number of sulfonamides is 1. The number of methoxy groups -OCH3 is 1.